The average molecular weight is 233 g/mol. The number of β-amino-alcohol motifs (C(OH)–C–C–N with tert-alkyl or cyclic N) is 1. The smallest absolute Gasteiger partial charge is 0.0679 e. The van der Waals surface area contributed by atoms with Crippen molar-refractivity contribution in [3.63, 3.8) is 0 Å². The van der Waals surface area contributed by atoms with Gasteiger partial charge in [0.1, 0.15) is 0 Å². The number of likely N-dealkylation sites (tertiary alicyclic amines) is 1. The van der Waals surface area contributed by atoms with Crippen LogP contribution in [0.15, 0.2) is 24.3 Å². The number of hydrogen-bond donors (Lipinski definition) is 1. The fourth-order valence-electron chi connectivity index (χ4n) is 2.32. The zero-order valence-electron chi connectivity index (χ0n) is 11.1. The summed E-state index contributed by atoms with van der Waals surface area (Å²) in [7, 11) is 0. The molecule has 0 spiro atoms. The van der Waals surface area contributed by atoms with Crippen LogP contribution in [0.25, 0.3) is 0 Å². The second kappa shape index (κ2) is 4.79. The minimum Gasteiger partial charge on any atom is -0.392 e. The third-order valence-corrected chi connectivity index (χ3v) is 3.47. The van der Waals surface area contributed by atoms with Gasteiger partial charge in [-0.3, -0.25) is 4.90 Å². The van der Waals surface area contributed by atoms with Crippen LogP contribution in [0.1, 0.15) is 38.3 Å². The van der Waals surface area contributed by atoms with Crippen LogP contribution < -0.4 is 0 Å². The van der Waals surface area contributed by atoms with E-state index in [-0.39, 0.29) is 11.5 Å². The second-order valence-electron chi connectivity index (χ2n) is 6.12. The molecule has 0 radical (unpaired) electrons. The van der Waals surface area contributed by atoms with E-state index in [2.05, 4.69) is 49.9 Å². The molecule has 2 heteroatoms. The molecular formula is C15H23NO. The molecule has 0 saturated carbocycles. The maximum absolute atomic E-state index is 9.49. The quantitative estimate of drug-likeness (QED) is 0.848. The van der Waals surface area contributed by atoms with Crippen molar-refractivity contribution < 1.29 is 5.11 Å². The molecular weight excluding hydrogens is 210 g/mol. The van der Waals surface area contributed by atoms with E-state index < -0.39 is 0 Å². The SMILES string of the molecule is CC(C)(C)c1ccc(CN2CC[C@@H](O)C2)cc1. The number of rotatable bonds is 2. The monoisotopic (exact) mass is 233 g/mol. The largest absolute Gasteiger partial charge is 0.392 e. The Morgan fingerprint density at radius 3 is 2.35 bits per heavy atom. The molecule has 1 atom stereocenters. The van der Waals surface area contributed by atoms with Crippen molar-refractivity contribution in [1.29, 1.82) is 0 Å². The van der Waals surface area contributed by atoms with Gasteiger partial charge in [-0.2, -0.15) is 0 Å². The molecule has 1 saturated heterocycles. The van der Waals surface area contributed by atoms with Gasteiger partial charge in [-0.05, 0) is 23.0 Å². The van der Waals surface area contributed by atoms with Crippen LogP contribution in [0.2, 0.25) is 0 Å². The lowest BCUT2D eigenvalue weighted by molar-refractivity contribution is 0.175. The highest BCUT2D eigenvalue weighted by Gasteiger charge is 2.20. The molecule has 0 aromatic heterocycles. The molecule has 0 unspecified atom stereocenters. The van der Waals surface area contributed by atoms with E-state index in [1.54, 1.807) is 0 Å². The number of nitrogens with zero attached hydrogens (tertiary/aromatic N) is 1. The molecule has 0 aliphatic carbocycles. The van der Waals surface area contributed by atoms with E-state index in [0.29, 0.717) is 0 Å². The van der Waals surface area contributed by atoms with Crippen LogP contribution in [0, 0.1) is 0 Å². The summed E-state index contributed by atoms with van der Waals surface area (Å²) >= 11 is 0. The van der Waals surface area contributed by atoms with E-state index >= 15 is 0 Å². The van der Waals surface area contributed by atoms with Gasteiger partial charge in [-0.15, -0.1) is 0 Å². The Labute approximate surface area is 104 Å². The third-order valence-electron chi connectivity index (χ3n) is 3.47. The van der Waals surface area contributed by atoms with Gasteiger partial charge in [0, 0.05) is 19.6 Å². The van der Waals surface area contributed by atoms with Crippen LogP contribution in [0.4, 0.5) is 0 Å². The summed E-state index contributed by atoms with van der Waals surface area (Å²) in [5, 5.41) is 9.49. The lowest BCUT2D eigenvalue weighted by Crippen LogP contribution is -2.21. The summed E-state index contributed by atoms with van der Waals surface area (Å²) < 4.78 is 0. The summed E-state index contributed by atoms with van der Waals surface area (Å²) in [6.45, 7) is 9.50. The highest BCUT2D eigenvalue weighted by molar-refractivity contribution is 5.27. The van der Waals surface area contributed by atoms with Crippen LogP contribution in [0.5, 0.6) is 0 Å². The van der Waals surface area contributed by atoms with E-state index in [1.807, 2.05) is 0 Å². The first-order valence-corrected chi connectivity index (χ1v) is 6.45. The van der Waals surface area contributed by atoms with Crippen LogP contribution in [-0.4, -0.2) is 29.2 Å². The van der Waals surface area contributed by atoms with Crippen molar-refractivity contribution in [2.24, 2.45) is 0 Å². The van der Waals surface area contributed by atoms with Gasteiger partial charge in [0.25, 0.3) is 0 Å². The zero-order valence-corrected chi connectivity index (χ0v) is 11.1. The summed E-state index contributed by atoms with van der Waals surface area (Å²) in [6, 6.07) is 8.88. The molecule has 1 aliphatic rings. The maximum Gasteiger partial charge on any atom is 0.0679 e. The minimum atomic E-state index is -0.121. The molecule has 1 aliphatic heterocycles. The third kappa shape index (κ3) is 3.30. The van der Waals surface area contributed by atoms with Gasteiger partial charge < -0.3 is 5.11 Å². The van der Waals surface area contributed by atoms with Gasteiger partial charge >= 0.3 is 0 Å². The normalized spacial score (nSPS) is 22.0. The fraction of sp³-hybridized carbons (Fsp3) is 0.600. The lowest BCUT2D eigenvalue weighted by atomic mass is 9.87. The summed E-state index contributed by atoms with van der Waals surface area (Å²) in [5.41, 5.74) is 2.94. The Morgan fingerprint density at radius 1 is 1.24 bits per heavy atom. The number of benzene rings is 1. The zero-order chi connectivity index (χ0) is 12.5. The minimum absolute atomic E-state index is 0.121. The topological polar surface area (TPSA) is 23.5 Å². The van der Waals surface area contributed by atoms with Crippen molar-refractivity contribution in [3.8, 4) is 0 Å². The number of aliphatic hydroxyl groups excluding tert-OH is 1. The Balaban J connectivity index is 1.99. The molecule has 1 N–H and O–H groups in total. The fourth-order valence-corrected chi connectivity index (χ4v) is 2.32. The summed E-state index contributed by atoms with van der Waals surface area (Å²) in [4.78, 5) is 2.32. The summed E-state index contributed by atoms with van der Waals surface area (Å²) in [5.74, 6) is 0. The Hall–Kier alpha value is -0.860. The maximum atomic E-state index is 9.49. The molecule has 17 heavy (non-hydrogen) atoms. The molecule has 1 aromatic carbocycles. The van der Waals surface area contributed by atoms with Crippen LogP contribution in [-0.2, 0) is 12.0 Å². The second-order valence-corrected chi connectivity index (χ2v) is 6.12. The highest BCUT2D eigenvalue weighted by atomic mass is 16.3. The van der Waals surface area contributed by atoms with E-state index in [4.69, 9.17) is 0 Å². The van der Waals surface area contributed by atoms with Crippen molar-refractivity contribution in [2.45, 2.75) is 45.3 Å². The Morgan fingerprint density at radius 2 is 1.88 bits per heavy atom. The standard InChI is InChI=1S/C15H23NO/c1-15(2,3)13-6-4-12(5-7-13)10-16-9-8-14(17)11-16/h4-7,14,17H,8-11H2,1-3H3/t14-/m1/s1. The van der Waals surface area contributed by atoms with Crippen molar-refractivity contribution >= 4 is 0 Å². The Bertz CT molecular complexity index is 364. The van der Waals surface area contributed by atoms with Crippen molar-refractivity contribution in [3.05, 3.63) is 35.4 Å². The van der Waals surface area contributed by atoms with E-state index in [0.717, 1.165) is 26.1 Å². The first-order valence-electron chi connectivity index (χ1n) is 6.45. The van der Waals surface area contributed by atoms with Crippen molar-refractivity contribution in [1.82, 2.24) is 4.90 Å². The molecule has 0 bridgehead atoms. The highest BCUT2D eigenvalue weighted by Crippen LogP contribution is 2.23. The molecule has 2 rings (SSSR count). The van der Waals surface area contributed by atoms with Gasteiger partial charge in [0.05, 0.1) is 6.10 Å². The molecule has 1 aromatic rings. The molecule has 1 fully saturated rings. The molecule has 94 valence electrons. The molecule has 1 heterocycles. The van der Waals surface area contributed by atoms with Gasteiger partial charge in [0.2, 0.25) is 0 Å². The van der Waals surface area contributed by atoms with Gasteiger partial charge in [-0.25, -0.2) is 0 Å². The molecule has 0 amide bonds. The first kappa shape index (κ1) is 12.6. The van der Waals surface area contributed by atoms with Gasteiger partial charge in [0.15, 0.2) is 0 Å². The number of aliphatic hydroxyl groups is 1. The van der Waals surface area contributed by atoms with E-state index in [9.17, 15) is 5.11 Å². The predicted octanol–water partition coefficient (Wildman–Crippen LogP) is 2.55. The number of hydrogen-bond acceptors (Lipinski definition) is 2. The van der Waals surface area contributed by atoms with Crippen LogP contribution in [0.3, 0.4) is 0 Å². The average Bonchev–Trinajstić information content (AvgIpc) is 2.63. The Kier molecular flexibility index (Phi) is 3.55. The molecule has 2 nitrogen and oxygen atoms in total. The summed E-state index contributed by atoms with van der Waals surface area (Å²) in [6.07, 6.45) is 0.795. The van der Waals surface area contributed by atoms with Crippen molar-refractivity contribution in [2.75, 3.05) is 13.1 Å². The van der Waals surface area contributed by atoms with Gasteiger partial charge in [-0.1, -0.05) is 45.0 Å². The lowest BCUT2D eigenvalue weighted by Gasteiger charge is -2.20. The first-order chi connectivity index (χ1) is 7.95. The van der Waals surface area contributed by atoms with Crippen LogP contribution >= 0.6 is 0 Å². The van der Waals surface area contributed by atoms with E-state index in [1.165, 1.54) is 11.1 Å². The predicted molar refractivity (Wildman–Crippen MR) is 71.0 cm³/mol.